The number of carbonyl (C=O) groups is 2. The van der Waals surface area contributed by atoms with E-state index in [1.54, 1.807) is 6.07 Å². The normalized spacial score (nSPS) is 12.0. The van der Waals surface area contributed by atoms with Gasteiger partial charge in [0.25, 0.3) is 0 Å². The number of hydrogen-bond donors (Lipinski definition) is 0. The van der Waals surface area contributed by atoms with E-state index in [1.165, 1.54) is 82.9 Å². The average Bonchev–Trinajstić information content (AvgIpc) is 2.79. The van der Waals surface area contributed by atoms with Crippen molar-refractivity contribution in [2.75, 3.05) is 6.61 Å². The van der Waals surface area contributed by atoms with Crippen molar-refractivity contribution in [3.63, 3.8) is 0 Å². The molecule has 0 aliphatic heterocycles. The number of rotatable bonds is 18. The fourth-order valence-corrected chi connectivity index (χ4v) is 4.17. The van der Waals surface area contributed by atoms with Crippen LogP contribution in [-0.2, 0) is 19.6 Å². The summed E-state index contributed by atoms with van der Waals surface area (Å²) in [5.74, 6) is -1.72. The van der Waals surface area contributed by atoms with Gasteiger partial charge < -0.3 is 14.0 Å². The van der Waals surface area contributed by atoms with Crippen LogP contribution in [0.2, 0.25) is 0 Å². The minimum absolute atomic E-state index is 0. The van der Waals surface area contributed by atoms with Crippen LogP contribution in [-0.4, -0.2) is 37.0 Å². The molecule has 1 unspecified atom stereocenters. The van der Waals surface area contributed by atoms with E-state index in [4.69, 9.17) is 9.47 Å². The molecule has 1 rings (SSSR count). The number of unbranched alkanes of at least 4 members (excludes halogenated alkanes) is 11. The summed E-state index contributed by atoms with van der Waals surface area (Å²) < 4.78 is 43.6. The molecule has 7 nitrogen and oxygen atoms in total. The summed E-state index contributed by atoms with van der Waals surface area (Å²) in [6.45, 7) is 3.89. The van der Waals surface area contributed by atoms with Gasteiger partial charge in [-0.05, 0) is 25.0 Å². The van der Waals surface area contributed by atoms with E-state index in [9.17, 15) is 22.6 Å². The van der Waals surface area contributed by atoms with Crippen molar-refractivity contribution in [1.29, 1.82) is 0 Å². The Morgan fingerprint density at radius 1 is 0.794 bits per heavy atom. The molecule has 0 aromatic heterocycles. The average molecular weight is 507 g/mol. The SMILES string of the molecule is CCCCCCCCCCCCCCOC(=O)c1ccccc1C(=O)OC(CC)S(=O)(=O)[O-].[Na+]. The topological polar surface area (TPSA) is 110 Å². The predicted molar refractivity (Wildman–Crippen MR) is 127 cm³/mol. The van der Waals surface area contributed by atoms with E-state index in [0.717, 1.165) is 19.3 Å². The molecule has 0 aliphatic carbocycles. The fourth-order valence-electron chi connectivity index (χ4n) is 3.55. The summed E-state index contributed by atoms with van der Waals surface area (Å²) >= 11 is 0. The predicted octanol–water partition coefficient (Wildman–Crippen LogP) is 2.99. The van der Waals surface area contributed by atoms with Gasteiger partial charge in [-0.15, -0.1) is 0 Å². The molecule has 1 aromatic rings. The molecule has 0 spiro atoms. The van der Waals surface area contributed by atoms with Crippen molar-refractivity contribution >= 4 is 22.1 Å². The van der Waals surface area contributed by atoms with Gasteiger partial charge in [0.2, 0.25) is 0 Å². The monoisotopic (exact) mass is 506 g/mol. The van der Waals surface area contributed by atoms with Crippen LogP contribution in [0.25, 0.3) is 0 Å². The molecule has 1 atom stereocenters. The van der Waals surface area contributed by atoms with Crippen LogP contribution in [0, 0.1) is 0 Å². The molecular weight excluding hydrogens is 467 g/mol. The van der Waals surface area contributed by atoms with E-state index in [2.05, 4.69) is 6.92 Å². The van der Waals surface area contributed by atoms with Crippen molar-refractivity contribution in [3.05, 3.63) is 35.4 Å². The largest absolute Gasteiger partial charge is 1.00 e. The molecular formula is C25H39NaO7S. The van der Waals surface area contributed by atoms with E-state index in [1.807, 2.05) is 0 Å². The van der Waals surface area contributed by atoms with Crippen molar-refractivity contribution < 1.29 is 61.6 Å². The first-order valence-corrected chi connectivity index (χ1v) is 13.7. The second-order valence-corrected chi connectivity index (χ2v) is 9.82. The van der Waals surface area contributed by atoms with Crippen LogP contribution in [0.1, 0.15) is 118 Å². The zero-order chi connectivity index (χ0) is 24.5. The fraction of sp³-hybridized carbons (Fsp3) is 0.680. The van der Waals surface area contributed by atoms with Gasteiger partial charge in [0, 0.05) is 0 Å². The molecule has 9 heteroatoms. The number of hydrogen-bond acceptors (Lipinski definition) is 7. The van der Waals surface area contributed by atoms with Crippen LogP contribution < -0.4 is 29.6 Å². The van der Waals surface area contributed by atoms with Crippen LogP contribution in [0.15, 0.2) is 24.3 Å². The van der Waals surface area contributed by atoms with Gasteiger partial charge in [0.1, 0.15) is 10.1 Å². The zero-order valence-electron chi connectivity index (χ0n) is 21.1. The van der Waals surface area contributed by atoms with Crippen LogP contribution >= 0.6 is 0 Å². The van der Waals surface area contributed by atoms with E-state index in [0.29, 0.717) is 0 Å². The Bertz CT molecular complexity index is 811. The summed E-state index contributed by atoms with van der Waals surface area (Å²) in [7, 11) is -4.80. The minimum atomic E-state index is -4.80. The van der Waals surface area contributed by atoms with Crippen LogP contribution in [0.3, 0.4) is 0 Å². The van der Waals surface area contributed by atoms with Gasteiger partial charge >= 0.3 is 41.5 Å². The van der Waals surface area contributed by atoms with Crippen molar-refractivity contribution in [3.8, 4) is 0 Å². The first-order chi connectivity index (χ1) is 15.8. The van der Waals surface area contributed by atoms with Gasteiger partial charge in [-0.2, -0.15) is 0 Å². The molecule has 0 fully saturated rings. The summed E-state index contributed by atoms with van der Waals surface area (Å²) in [5, 5.41) is 0. The Labute approximate surface area is 227 Å². The molecule has 0 amide bonds. The standard InChI is InChI=1S/C25H40O7S.Na/c1-3-5-6-7-8-9-10-11-12-13-14-17-20-31-24(26)21-18-15-16-19-22(21)25(27)32-23(4-2)33(28,29)30;/h15-16,18-19,23H,3-14,17,20H2,1-2H3,(H,28,29,30);/q;+1/p-1. The Kier molecular flexibility index (Phi) is 18.8. The van der Waals surface area contributed by atoms with Gasteiger partial charge in [-0.1, -0.05) is 96.6 Å². The maximum Gasteiger partial charge on any atom is 1.00 e. The van der Waals surface area contributed by atoms with Gasteiger partial charge in [-0.3, -0.25) is 0 Å². The van der Waals surface area contributed by atoms with Crippen molar-refractivity contribution in [2.24, 2.45) is 0 Å². The van der Waals surface area contributed by atoms with Crippen LogP contribution in [0.5, 0.6) is 0 Å². The maximum absolute atomic E-state index is 12.4. The van der Waals surface area contributed by atoms with Gasteiger partial charge in [0.05, 0.1) is 17.7 Å². The third-order valence-electron chi connectivity index (χ3n) is 5.49. The summed E-state index contributed by atoms with van der Waals surface area (Å²) in [4.78, 5) is 24.8. The first-order valence-electron chi connectivity index (χ1n) is 12.2. The Balaban J connectivity index is 0.0000109. The molecule has 0 radical (unpaired) electrons. The van der Waals surface area contributed by atoms with Gasteiger partial charge in [0.15, 0.2) is 5.44 Å². The smallest absolute Gasteiger partial charge is 0.745 e. The zero-order valence-corrected chi connectivity index (χ0v) is 23.9. The van der Waals surface area contributed by atoms with Crippen LogP contribution in [0.4, 0.5) is 0 Å². The number of esters is 2. The molecule has 34 heavy (non-hydrogen) atoms. The summed E-state index contributed by atoms with van der Waals surface area (Å²) in [5.41, 5.74) is -1.94. The van der Waals surface area contributed by atoms with E-state index in [-0.39, 0.29) is 53.7 Å². The summed E-state index contributed by atoms with van der Waals surface area (Å²) in [6, 6.07) is 5.84. The molecule has 0 saturated heterocycles. The third kappa shape index (κ3) is 13.8. The molecule has 0 N–H and O–H groups in total. The molecule has 0 saturated carbocycles. The number of carbonyl (C=O) groups excluding carboxylic acids is 2. The molecule has 0 bridgehead atoms. The molecule has 0 aliphatic rings. The Hall–Kier alpha value is -0.930. The molecule has 0 heterocycles. The molecule has 188 valence electrons. The van der Waals surface area contributed by atoms with E-state index < -0.39 is 27.5 Å². The summed E-state index contributed by atoms with van der Waals surface area (Å²) in [6.07, 6.45) is 14.3. The quantitative estimate of drug-likeness (QED) is 0.130. The van der Waals surface area contributed by atoms with Crippen molar-refractivity contribution in [2.45, 2.75) is 103 Å². The minimum Gasteiger partial charge on any atom is -0.745 e. The number of benzene rings is 1. The Morgan fingerprint density at radius 2 is 1.24 bits per heavy atom. The number of ether oxygens (including phenoxy) is 2. The Morgan fingerprint density at radius 3 is 1.68 bits per heavy atom. The van der Waals surface area contributed by atoms with Crippen molar-refractivity contribution in [1.82, 2.24) is 0 Å². The first kappa shape index (κ1) is 33.1. The third-order valence-corrected chi connectivity index (χ3v) is 6.57. The molecule has 1 aromatic carbocycles. The van der Waals surface area contributed by atoms with Gasteiger partial charge in [-0.25, -0.2) is 18.0 Å². The van der Waals surface area contributed by atoms with E-state index >= 15 is 0 Å². The maximum atomic E-state index is 12.4. The second-order valence-electron chi connectivity index (χ2n) is 8.31. The second kappa shape index (κ2) is 19.3.